The van der Waals surface area contributed by atoms with E-state index in [1.807, 2.05) is 19.1 Å². The fraction of sp³-hybridized carbons (Fsp3) is 0.632. The van der Waals surface area contributed by atoms with Crippen molar-refractivity contribution in [3.05, 3.63) is 29.3 Å². The predicted octanol–water partition coefficient (Wildman–Crippen LogP) is 4.20. The number of carbonyl (C=O) groups excluding carboxylic acids is 1. The van der Waals surface area contributed by atoms with E-state index in [0.29, 0.717) is 11.6 Å². The molecule has 4 nitrogen and oxygen atoms in total. The molecule has 0 bridgehead atoms. The third kappa shape index (κ3) is 7.54. The van der Waals surface area contributed by atoms with Gasteiger partial charge < -0.3 is 16.0 Å². The van der Waals surface area contributed by atoms with Gasteiger partial charge in [-0.1, -0.05) is 18.5 Å². The molecule has 0 aliphatic carbocycles. The minimum atomic E-state index is -0.297. The molecule has 0 fully saturated rings. The Morgan fingerprint density at radius 1 is 1.12 bits per heavy atom. The van der Waals surface area contributed by atoms with Gasteiger partial charge in [0.05, 0.1) is 0 Å². The number of amides is 1. The number of benzene rings is 1. The molecule has 3 N–H and O–H groups in total. The summed E-state index contributed by atoms with van der Waals surface area (Å²) in [5.41, 5.74) is 0.949. The molecule has 0 saturated carbocycles. The van der Waals surface area contributed by atoms with Gasteiger partial charge in [0.15, 0.2) is 0 Å². The van der Waals surface area contributed by atoms with Gasteiger partial charge in [-0.15, -0.1) is 0 Å². The summed E-state index contributed by atoms with van der Waals surface area (Å²) in [6.07, 6.45) is 1.93. The van der Waals surface area contributed by atoms with E-state index >= 15 is 0 Å². The fourth-order valence-electron chi connectivity index (χ4n) is 2.58. The first kappa shape index (κ1) is 20.8. The molecule has 1 unspecified atom stereocenters. The Hall–Kier alpha value is -1.26. The van der Waals surface area contributed by atoms with Gasteiger partial charge in [0, 0.05) is 28.3 Å². The summed E-state index contributed by atoms with van der Waals surface area (Å²) in [6.45, 7) is 13.4. The van der Waals surface area contributed by atoms with Gasteiger partial charge >= 0.3 is 0 Å². The zero-order chi connectivity index (χ0) is 18.4. The van der Waals surface area contributed by atoms with Crippen LogP contribution in [0.2, 0.25) is 5.02 Å². The average molecular weight is 354 g/mol. The summed E-state index contributed by atoms with van der Waals surface area (Å²) in [5.74, 6) is -0.00417. The van der Waals surface area contributed by atoms with Crippen LogP contribution in [0, 0.1) is 0 Å². The van der Waals surface area contributed by atoms with E-state index in [-0.39, 0.29) is 23.0 Å². The Kier molecular flexibility index (Phi) is 7.56. The number of rotatable bonds is 9. The Morgan fingerprint density at radius 2 is 1.71 bits per heavy atom. The second kappa shape index (κ2) is 8.72. The number of halogens is 1. The minimum Gasteiger partial charge on any atom is -0.374 e. The number of hydrogen-bond acceptors (Lipinski definition) is 3. The summed E-state index contributed by atoms with van der Waals surface area (Å²) in [7, 11) is 0. The molecule has 0 aromatic heterocycles. The van der Waals surface area contributed by atoms with Crippen molar-refractivity contribution in [3.8, 4) is 0 Å². The third-order valence-corrected chi connectivity index (χ3v) is 4.48. The van der Waals surface area contributed by atoms with Crippen LogP contribution in [0.4, 0.5) is 5.69 Å². The van der Waals surface area contributed by atoms with Crippen molar-refractivity contribution in [2.45, 2.75) is 71.5 Å². The molecule has 24 heavy (non-hydrogen) atoms. The van der Waals surface area contributed by atoms with Crippen molar-refractivity contribution in [1.82, 2.24) is 10.6 Å². The number of carbonyl (C=O) groups is 1. The first-order valence-corrected chi connectivity index (χ1v) is 9.01. The molecule has 1 aromatic rings. The summed E-state index contributed by atoms with van der Waals surface area (Å²) in [6, 6.07) is 7.04. The molecule has 0 spiro atoms. The first-order chi connectivity index (χ1) is 11.0. The summed E-state index contributed by atoms with van der Waals surface area (Å²) in [5, 5.41) is 10.5. The van der Waals surface area contributed by atoms with E-state index in [9.17, 15) is 4.79 Å². The molecule has 1 aromatic carbocycles. The molecule has 0 aliphatic rings. The van der Waals surface area contributed by atoms with Gasteiger partial charge in [0.2, 0.25) is 5.91 Å². The SMILES string of the molecule is CCC(C)(C)NC(C)(C)CCNC(=O)C(C)Nc1ccc(Cl)cc1. The van der Waals surface area contributed by atoms with E-state index in [2.05, 4.69) is 50.6 Å². The van der Waals surface area contributed by atoms with Gasteiger partial charge in [0.25, 0.3) is 0 Å². The van der Waals surface area contributed by atoms with Gasteiger partial charge in [0.1, 0.15) is 6.04 Å². The molecule has 1 rings (SSSR count). The van der Waals surface area contributed by atoms with E-state index in [0.717, 1.165) is 18.5 Å². The van der Waals surface area contributed by atoms with Gasteiger partial charge in [-0.2, -0.15) is 0 Å². The topological polar surface area (TPSA) is 53.2 Å². The highest BCUT2D eigenvalue weighted by molar-refractivity contribution is 6.30. The Morgan fingerprint density at radius 3 is 2.25 bits per heavy atom. The number of nitrogens with one attached hydrogen (secondary N) is 3. The van der Waals surface area contributed by atoms with E-state index < -0.39 is 0 Å². The first-order valence-electron chi connectivity index (χ1n) is 8.64. The maximum Gasteiger partial charge on any atom is 0.242 e. The average Bonchev–Trinajstić information content (AvgIpc) is 2.48. The van der Waals surface area contributed by atoms with Gasteiger partial charge in [-0.3, -0.25) is 4.79 Å². The molecule has 0 radical (unpaired) electrons. The van der Waals surface area contributed by atoms with Crippen molar-refractivity contribution in [3.63, 3.8) is 0 Å². The van der Waals surface area contributed by atoms with E-state index in [1.54, 1.807) is 12.1 Å². The maximum atomic E-state index is 12.2. The van der Waals surface area contributed by atoms with Crippen LogP contribution in [0.15, 0.2) is 24.3 Å². The monoisotopic (exact) mass is 353 g/mol. The van der Waals surface area contributed by atoms with Crippen molar-refractivity contribution in [1.29, 1.82) is 0 Å². The van der Waals surface area contributed by atoms with Crippen LogP contribution in [0.1, 0.15) is 54.4 Å². The van der Waals surface area contributed by atoms with Crippen LogP contribution in [0.5, 0.6) is 0 Å². The quantitative estimate of drug-likeness (QED) is 0.623. The Balaban J connectivity index is 2.40. The number of hydrogen-bond donors (Lipinski definition) is 3. The maximum absolute atomic E-state index is 12.2. The summed E-state index contributed by atoms with van der Waals surface area (Å²) in [4.78, 5) is 12.2. The molecule has 5 heteroatoms. The van der Waals surface area contributed by atoms with Crippen molar-refractivity contribution < 1.29 is 4.79 Å². The third-order valence-electron chi connectivity index (χ3n) is 4.23. The molecule has 0 aliphatic heterocycles. The zero-order valence-electron chi connectivity index (χ0n) is 15.8. The summed E-state index contributed by atoms with van der Waals surface area (Å²) >= 11 is 5.87. The highest BCUT2D eigenvalue weighted by atomic mass is 35.5. The molecule has 0 saturated heterocycles. The highest BCUT2D eigenvalue weighted by Gasteiger charge is 2.26. The lowest BCUT2D eigenvalue weighted by Crippen LogP contribution is -2.53. The van der Waals surface area contributed by atoms with Crippen molar-refractivity contribution in [2.75, 3.05) is 11.9 Å². The molecular weight excluding hydrogens is 322 g/mol. The largest absolute Gasteiger partial charge is 0.374 e. The van der Waals surface area contributed by atoms with Crippen LogP contribution in [0.3, 0.4) is 0 Å². The minimum absolute atomic E-state index is 0.00417. The molecule has 0 heterocycles. The van der Waals surface area contributed by atoms with Gasteiger partial charge in [-0.25, -0.2) is 0 Å². The molecule has 136 valence electrons. The van der Waals surface area contributed by atoms with E-state index in [4.69, 9.17) is 11.6 Å². The van der Waals surface area contributed by atoms with Crippen LogP contribution in [-0.2, 0) is 4.79 Å². The lowest BCUT2D eigenvalue weighted by molar-refractivity contribution is -0.121. The fourth-order valence-corrected chi connectivity index (χ4v) is 2.71. The predicted molar refractivity (Wildman–Crippen MR) is 104 cm³/mol. The van der Waals surface area contributed by atoms with Crippen molar-refractivity contribution in [2.24, 2.45) is 0 Å². The van der Waals surface area contributed by atoms with Crippen LogP contribution >= 0.6 is 11.6 Å². The number of anilines is 1. The second-order valence-corrected chi connectivity index (χ2v) is 8.10. The van der Waals surface area contributed by atoms with Crippen LogP contribution in [-0.4, -0.2) is 29.6 Å². The van der Waals surface area contributed by atoms with Gasteiger partial charge in [-0.05, 0) is 71.7 Å². The summed E-state index contributed by atoms with van der Waals surface area (Å²) < 4.78 is 0. The molecule has 1 atom stereocenters. The molecule has 1 amide bonds. The van der Waals surface area contributed by atoms with E-state index in [1.165, 1.54) is 0 Å². The van der Waals surface area contributed by atoms with Crippen LogP contribution in [0.25, 0.3) is 0 Å². The normalized spacial score (nSPS) is 13.5. The highest BCUT2D eigenvalue weighted by Crippen LogP contribution is 2.17. The lowest BCUT2D eigenvalue weighted by Gasteiger charge is -2.37. The Labute approximate surface area is 151 Å². The van der Waals surface area contributed by atoms with Crippen LogP contribution < -0.4 is 16.0 Å². The lowest BCUT2D eigenvalue weighted by atomic mass is 9.93. The molecular formula is C19H32ClN3O. The zero-order valence-corrected chi connectivity index (χ0v) is 16.6. The second-order valence-electron chi connectivity index (χ2n) is 7.66. The standard InChI is InChI=1S/C19H32ClN3O/c1-7-18(3,4)23-19(5,6)12-13-21-17(24)14(2)22-16-10-8-15(20)9-11-16/h8-11,14,22-23H,7,12-13H2,1-6H3,(H,21,24). The Bertz CT molecular complexity index is 526. The smallest absolute Gasteiger partial charge is 0.242 e. The van der Waals surface area contributed by atoms with Crippen molar-refractivity contribution >= 4 is 23.2 Å².